The van der Waals surface area contributed by atoms with E-state index in [1.807, 2.05) is 0 Å². The Labute approximate surface area is 192 Å². The summed E-state index contributed by atoms with van der Waals surface area (Å²) in [6.07, 6.45) is -3.74. The van der Waals surface area contributed by atoms with Crippen LogP contribution in [0.25, 0.3) is 0 Å². The molecule has 188 valence electrons. The van der Waals surface area contributed by atoms with Crippen LogP contribution in [0.4, 0.5) is 8.78 Å². The zero-order valence-corrected chi connectivity index (χ0v) is 19.5. The number of halogens is 2. The summed E-state index contributed by atoms with van der Waals surface area (Å²) >= 11 is 0. The largest absolute Gasteiger partial charge is 0.378 e. The molecule has 0 aromatic rings. The number of amides is 1. The van der Waals surface area contributed by atoms with Gasteiger partial charge in [-0.15, -0.1) is 0 Å². The third kappa shape index (κ3) is 5.55. The summed E-state index contributed by atoms with van der Waals surface area (Å²) in [5.41, 5.74) is 0.0888. The van der Waals surface area contributed by atoms with E-state index in [0.717, 1.165) is 4.90 Å². The summed E-state index contributed by atoms with van der Waals surface area (Å²) in [7, 11) is 0. The summed E-state index contributed by atoms with van der Waals surface area (Å²) in [6.45, 7) is 11.7. The lowest BCUT2D eigenvalue weighted by molar-refractivity contribution is -0.235. The molecule has 33 heavy (non-hydrogen) atoms. The van der Waals surface area contributed by atoms with Gasteiger partial charge in [0.2, 0.25) is 0 Å². The van der Waals surface area contributed by atoms with Crippen molar-refractivity contribution in [3.05, 3.63) is 12.2 Å². The molecule has 0 aliphatic carbocycles. The Balaban J connectivity index is 1.37. The first kappa shape index (κ1) is 24.9. The van der Waals surface area contributed by atoms with E-state index >= 15 is 0 Å². The molecule has 0 unspecified atom stereocenters. The Hall–Kier alpha value is -1.21. The zero-order chi connectivity index (χ0) is 24.0. The fourth-order valence-corrected chi connectivity index (χ4v) is 4.52. The highest BCUT2D eigenvalue weighted by Crippen LogP contribution is 2.42. The number of morpholine rings is 1. The van der Waals surface area contributed by atoms with Crippen LogP contribution < -0.4 is 0 Å². The highest BCUT2D eigenvalue weighted by molar-refractivity contribution is 5.83. The SMILES string of the molecule is C=C(CO[C@@H]1[C@H]2OC(C)(C)O[C@H]2O[C@@H]1[C@@H]1COC(C)(C)O1)CC(F)(F)C(=O)N1CCOCC1. The normalized spacial score (nSPS) is 35.6. The molecule has 11 heteroatoms. The van der Waals surface area contributed by atoms with Crippen LogP contribution in [-0.2, 0) is 38.0 Å². The van der Waals surface area contributed by atoms with Gasteiger partial charge in [0.05, 0.1) is 26.4 Å². The van der Waals surface area contributed by atoms with Crippen molar-refractivity contribution in [1.82, 2.24) is 4.90 Å². The van der Waals surface area contributed by atoms with E-state index in [1.165, 1.54) is 0 Å². The average molecular weight is 478 g/mol. The lowest BCUT2D eigenvalue weighted by Gasteiger charge is -2.31. The second-order valence-corrected chi connectivity index (χ2v) is 9.75. The molecule has 4 saturated heterocycles. The molecule has 0 aromatic heterocycles. The molecule has 0 saturated carbocycles. The maximum absolute atomic E-state index is 14.6. The van der Waals surface area contributed by atoms with Crippen LogP contribution in [0.5, 0.6) is 0 Å². The minimum Gasteiger partial charge on any atom is -0.378 e. The molecule has 4 aliphatic rings. The van der Waals surface area contributed by atoms with E-state index in [9.17, 15) is 13.6 Å². The minimum atomic E-state index is -3.58. The van der Waals surface area contributed by atoms with Crippen molar-refractivity contribution in [2.24, 2.45) is 0 Å². The first-order valence-electron chi connectivity index (χ1n) is 11.2. The summed E-state index contributed by atoms with van der Waals surface area (Å²) in [4.78, 5) is 13.4. The highest BCUT2D eigenvalue weighted by Gasteiger charge is 2.59. The monoisotopic (exact) mass is 477 g/mol. The standard InChI is InChI=1S/C22H33F2NO8/c1-13(10-22(23,24)19(26)25-6-8-27-9-7-25)11-28-16-15(14-12-29-20(2,3)31-14)30-18-17(16)32-21(4,5)33-18/h14-18H,1,6-12H2,2-5H3/t14-,15+,16-,17+,18+/m0/s1. The van der Waals surface area contributed by atoms with Crippen LogP contribution >= 0.6 is 0 Å². The topological polar surface area (TPSA) is 84.9 Å². The van der Waals surface area contributed by atoms with Crippen molar-refractivity contribution in [1.29, 1.82) is 0 Å². The molecule has 4 aliphatic heterocycles. The van der Waals surface area contributed by atoms with Crippen LogP contribution in [0.15, 0.2) is 12.2 Å². The molecule has 5 atom stereocenters. The fraction of sp³-hybridized carbons (Fsp3) is 0.864. The Morgan fingerprint density at radius 2 is 1.79 bits per heavy atom. The van der Waals surface area contributed by atoms with E-state index in [0.29, 0.717) is 0 Å². The number of hydrogen-bond acceptors (Lipinski definition) is 8. The quantitative estimate of drug-likeness (QED) is 0.514. The van der Waals surface area contributed by atoms with E-state index in [4.69, 9.17) is 33.2 Å². The van der Waals surface area contributed by atoms with Crippen molar-refractivity contribution in [2.45, 2.75) is 82.3 Å². The van der Waals surface area contributed by atoms with Gasteiger partial charge in [-0.05, 0) is 33.3 Å². The number of fused-ring (bicyclic) bond motifs is 1. The minimum absolute atomic E-state index is 0.0888. The second-order valence-electron chi connectivity index (χ2n) is 9.75. The summed E-state index contributed by atoms with van der Waals surface area (Å²) in [5.74, 6) is -6.44. The molecule has 4 rings (SSSR count). The Kier molecular flexibility index (Phi) is 6.87. The van der Waals surface area contributed by atoms with Gasteiger partial charge in [-0.3, -0.25) is 4.79 Å². The molecular weight excluding hydrogens is 444 g/mol. The molecule has 0 bridgehead atoms. The molecule has 0 aromatic carbocycles. The van der Waals surface area contributed by atoms with Gasteiger partial charge in [0.1, 0.15) is 24.4 Å². The molecule has 4 heterocycles. The van der Waals surface area contributed by atoms with Gasteiger partial charge in [-0.2, -0.15) is 8.78 Å². The first-order chi connectivity index (χ1) is 15.4. The number of rotatable bonds is 7. The lowest BCUT2D eigenvalue weighted by Crippen LogP contribution is -2.49. The number of nitrogens with zero attached hydrogens (tertiary/aromatic N) is 1. The number of carbonyl (C=O) groups is 1. The number of carbonyl (C=O) groups excluding carboxylic acids is 1. The maximum atomic E-state index is 14.6. The molecule has 9 nitrogen and oxygen atoms in total. The van der Waals surface area contributed by atoms with Crippen LogP contribution in [0.3, 0.4) is 0 Å². The van der Waals surface area contributed by atoms with Gasteiger partial charge in [0.25, 0.3) is 5.91 Å². The van der Waals surface area contributed by atoms with Crippen molar-refractivity contribution in [3.63, 3.8) is 0 Å². The van der Waals surface area contributed by atoms with Gasteiger partial charge in [0.15, 0.2) is 17.9 Å². The van der Waals surface area contributed by atoms with Crippen molar-refractivity contribution in [3.8, 4) is 0 Å². The van der Waals surface area contributed by atoms with Gasteiger partial charge < -0.3 is 38.1 Å². The number of alkyl halides is 2. The predicted molar refractivity (Wildman–Crippen MR) is 109 cm³/mol. The summed E-state index contributed by atoms with van der Waals surface area (Å²) in [6, 6.07) is 0. The Bertz CT molecular complexity index is 755. The Morgan fingerprint density at radius 1 is 1.09 bits per heavy atom. The average Bonchev–Trinajstić information content (AvgIpc) is 3.34. The molecule has 0 spiro atoms. The van der Waals surface area contributed by atoms with E-state index in [-0.39, 0.29) is 45.1 Å². The van der Waals surface area contributed by atoms with E-state index in [1.54, 1.807) is 27.7 Å². The second kappa shape index (κ2) is 9.10. The molecular formula is C22H33F2NO8. The van der Waals surface area contributed by atoms with Gasteiger partial charge in [0, 0.05) is 19.5 Å². The molecule has 4 fully saturated rings. The predicted octanol–water partition coefficient (Wildman–Crippen LogP) is 1.84. The van der Waals surface area contributed by atoms with Crippen LogP contribution in [-0.4, -0.2) is 98.5 Å². The Morgan fingerprint density at radius 3 is 2.42 bits per heavy atom. The van der Waals surface area contributed by atoms with E-state index in [2.05, 4.69) is 6.58 Å². The molecule has 0 radical (unpaired) electrons. The van der Waals surface area contributed by atoms with Gasteiger partial charge in [-0.25, -0.2) is 0 Å². The van der Waals surface area contributed by atoms with Crippen molar-refractivity contribution >= 4 is 5.91 Å². The summed E-state index contributed by atoms with van der Waals surface area (Å²) < 4.78 is 69.7. The van der Waals surface area contributed by atoms with Crippen LogP contribution in [0.1, 0.15) is 34.1 Å². The number of hydrogen-bond donors (Lipinski definition) is 0. The molecule has 1 amide bonds. The lowest BCUT2D eigenvalue weighted by atomic mass is 10.0. The third-order valence-corrected chi connectivity index (χ3v) is 5.99. The molecule has 0 N–H and O–H groups in total. The summed E-state index contributed by atoms with van der Waals surface area (Å²) in [5, 5.41) is 0. The van der Waals surface area contributed by atoms with Crippen molar-refractivity contribution < 1.29 is 46.7 Å². The van der Waals surface area contributed by atoms with Gasteiger partial charge >= 0.3 is 5.92 Å². The van der Waals surface area contributed by atoms with Crippen LogP contribution in [0.2, 0.25) is 0 Å². The first-order valence-corrected chi connectivity index (χ1v) is 11.2. The number of ether oxygens (including phenoxy) is 7. The van der Waals surface area contributed by atoms with Gasteiger partial charge in [-0.1, -0.05) is 6.58 Å². The van der Waals surface area contributed by atoms with Crippen LogP contribution in [0, 0.1) is 0 Å². The van der Waals surface area contributed by atoms with Crippen molar-refractivity contribution in [2.75, 3.05) is 39.5 Å². The van der Waals surface area contributed by atoms with E-state index < -0.39 is 60.5 Å². The zero-order valence-electron chi connectivity index (χ0n) is 19.5. The third-order valence-electron chi connectivity index (χ3n) is 5.99. The fourth-order valence-electron chi connectivity index (χ4n) is 4.52. The highest BCUT2D eigenvalue weighted by atomic mass is 19.3. The smallest absolute Gasteiger partial charge is 0.328 e. The maximum Gasteiger partial charge on any atom is 0.328 e.